The minimum Gasteiger partial charge on any atom is -0.290 e. The molecule has 1 saturated heterocycles. The van der Waals surface area contributed by atoms with E-state index in [0.29, 0.717) is 0 Å². The Morgan fingerprint density at radius 2 is 1.78 bits per heavy atom. The van der Waals surface area contributed by atoms with Gasteiger partial charge in [-0.1, -0.05) is 0 Å². The summed E-state index contributed by atoms with van der Waals surface area (Å²) >= 11 is 3.50. The van der Waals surface area contributed by atoms with Crippen LogP contribution in [0.3, 0.4) is 0 Å². The fraction of sp³-hybridized carbons (Fsp3) is 0.167. The SMILES string of the molecule is O=C1C=C2SCSC2=C1. The zero-order chi connectivity index (χ0) is 6.27. The molecular formula is C6H4OS2. The zero-order valence-corrected chi connectivity index (χ0v) is 6.22. The lowest BCUT2D eigenvalue weighted by molar-refractivity contribution is -0.110. The standard InChI is InChI=1S/C6H4OS2/c7-4-1-5-6(2-4)9-3-8-5/h1-2H,3H2. The Bertz CT molecular complexity index is 205. The Morgan fingerprint density at radius 1 is 1.22 bits per heavy atom. The van der Waals surface area contributed by atoms with Gasteiger partial charge in [-0.15, -0.1) is 23.5 Å². The van der Waals surface area contributed by atoms with Crippen molar-refractivity contribution in [1.29, 1.82) is 0 Å². The number of ketones is 1. The largest absolute Gasteiger partial charge is 0.290 e. The summed E-state index contributed by atoms with van der Waals surface area (Å²) in [5.41, 5.74) is 0. The van der Waals surface area contributed by atoms with E-state index in [1.165, 1.54) is 9.81 Å². The molecule has 1 aliphatic carbocycles. The Kier molecular flexibility index (Phi) is 1.20. The Labute approximate surface area is 61.6 Å². The lowest BCUT2D eigenvalue weighted by atomic mass is 10.5. The van der Waals surface area contributed by atoms with E-state index in [1.807, 2.05) is 0 Å². The number of hydrogen-bond donors (Lipinski definition) is 0. The van der Waals surface area contributed by atoms with Gasteiger partial charge in [0.15, 0.2) is 5.78 Å². The minimum absolute atomic E-state index is 0.153. The number of carbonyl (C=O) groups is 1. The molecule has 0 aromatic heterocycles. The van der Waals surface area contributed by atoms with E-state index >= 15 is 0 Å². The molecule has 0 amide bonds. The number of fused-ring (bicyclic) bond motifs is 1. The van der Waals surface area contributed by atoms with Gasteiger partial charge in [-0.25, -0.2) is 0 Å². The molecule has 0 aromatic carbocycles. The van der Waals surface area contributed by atoms with Crippen LogP contribution in [0, 0.1) is 0 Å². The molecule has 0 spiro atoms. The molecule has 2 aliphatic rings. The van der Waals surface area contributed by atoms with E-state index in [9.17, 15) is 4.79 Å². The van der Waals surface area contributed by atoms with E-state index in [-0.39, 0.29) is 5.78 Å². The summed E-state index contributed by atoms with van der Waals surface area (Å²) in [7, 11) is 0. The minimum atomic E-state index is 0.153. The van der Waals surface area contributed by atoms with Crippen molar-refractivity contribution in [2.45, 2.75) is 0 Å². The highest BCUT2D eigenvalue weighted by atomic mass is 32.2. The van der Waals surface area contributed by atoms with Gasteiger partial charge in [-0.05, 0) is 0 Å². The van der Waals surface area contributed by atoms with Gasteiger partial charge in [-0.3, -0.25) is 4.79 Å². The van der Waals surface area contributed by atoms with Crippen molar-refractivity contribution >= 4 is 29.3 Å². The van der Waals surface area contributed by atoms with Gasteiger partial charge in [-0.2, -0.15) is 0 Å². The number of hydrogen-bond acceptors (Lipinski definition) is 3. The second-order valence-corrected chi connectivity index (χ2v) is 4.23. The summed E-state index contributed by atoms with van der Waals surface area (Å²) in [5.74, 6) is 0.153. The number of thioether (sulfide) groups is 2. The number of rotatable bonds is 0. The van der Waals surface area contributed by atoms with Crippen molar-refractivity contribution in [3.05, 3.63) is 22.0 Å². The lowest BCUT2D eigenvalue weighted by Crippen LogP contribution is -1.77. The first-order chi connectivity index (χ1) is 4.36. The van der Waals surface area contributed by atoms with Crippen LogP contribution in [0.5, 0.6) is 0 Å². The Balaban J connectivity index is 2.44. The van der Waals surface area contributed by atoms with Crippen LogP contribution in [0.2, 0.25) is 0 Å². The topological polar surface area (TPSA) is 17.1 Å². The summed E-state index contributed by atoms with van der Waals surface area (Å²) in [4.78, 5) is 13.0. The quantitative estimate of drug-likeness (QED) is 0.532. The van der Waals surface area contributed by atoms with Crippen LogP contribution in [0.15, 0.2) is 22.0 Å². The summed E-state index contributed by atoms with van der Waals surface area (Å²) in [6.07, 6.45) is 3.42. The van der Waals surface area contributed by atoms with Crippen LogP contribution < -0.4 is 0 Å². The zero-order valence-electron chi connectivity index (χ0n) is 4.59. The molecule has 1 heterocycles. The van der Waals surface area contributed by atoms with Gasteiger partial charge in [0.05, 0.1) is 0 Å². The second kappa shape index (κ2) is 1.92. The van der Waals surface area contributed by atoms with Crippen LogP contribution in [-0.4, -0.2) is 10.9 Å². The summed E-state index contributed by atoms with van der Waals surface area (Å²) in [6.45, 7) is 0. The number of allylic oxidation sites excluding steroid dienone is 2. The third-order valence-electron chi connectivity index (χ3n) is 1.22. The molecule has 2 rings (SSSR count). The molecule has 0 unspecified atom stereocenters. The maximum Gasteiger partial charge on any atom is 0.180 e. The fourth-order valence-corrected chi connectivity index (χ4v) is 3.23. The molecule has 1 fully saturated rings. The molecule has 3 heteroatoms. The summed E-state index contributed by atoms with van der Waals surface area (Å²) < 4.78 is 0. The highest BCUT2D eigenvalue weighted by molar-refractivity contribution is 8.24. The van der Waals surface area contributed by atoms with Crippen LogP contribution in [0.25, 0.3) is 0 Å². The summed E-state index contributed by atoms with van der Waals surface area (Å²) in [5, 5.41) is 1.07. The first kappa shape index (κ1) is 5.62. The Hall–Kier alpha value is -0.150. The third kappa shape index (κ3) is 0.843. The van der Waals surface area contributed by atoms with Crippen molar-refractivity contribution in [3.8, 4) is 0 Å². The Morgan fingerprint density at radius 3 is 2.33 bits per heavy atom. The van der Waals surface area contributed by atoms with E-state index in [2.05, 4.69) is 0 Å². The first-order valence-electron chi connectivity index (χ1n) is 2.59. The molecule has 0 radical (unpaired) electrons. The van der Waals surface area contributed by atoms with Crippen molar-refractivity contribution < 1.29 is 4.79 Å². The monoisotopic (exact) mass is 156 g/mol. The normalized spacial score (nSPS) is 23.8. The van der Waals surface area contributed by atoms with Gasteiger partial charge in [0.25, 0.3) is 0 Å². The number of carbonyl (C=O) groups excluding carboxylic acids is 1. The van der Waals surface area contributed by atoms with Gasteiger partial charge in [0, 0.05) is 27.0 Å². The molecule has 9 heavy (non-hydrogen) atoms. The maximum absolute atomic E-state index is 10.7. The van der Waals surface area contributed by atoms with Crippen molar-refractivity contribution in [2.24, 2.45) is 0 Å². The smallest absolute Gasteiger partial charge is 0.180 e. The van der Waals surface area contributed by atoms with Crippen molar-refractivity contribution in [1.82, 2.24) is 0 Å². The van der Waals surface area contributed by atoms with Crippen molar-refractivity contribution in [3.63, 3.8) is 0 Å². The van der Waals surface area contributed by atoms with Gasteiger partial charge >= 0.3 is 0 Å². The lowest BCUT2D eigenvalue weighted by Gasteiger charge is -1.83. The molecule has 0 aromatic rings. The molecule has 0 atom stereocenters. The van der Waals surface area contributed by atoms with Crippen LogP contribution in [0.4, 0.5) is 0 Å². The van der Waals surface area contributed by atoms with Gasteiger partial charge in [0.2, 0.25) is 0 Å². The molecule has 0 bridgehead atoms. The molecule has 1 aliphatic heterocycles. The highest BCUT2D eigenvalue weighted by Crippen LogP contribution is 2.45. The molecular weight excluding hydrogens is 152 g/mol. The molecule has 46 valence electrons. The van der Waals surface area contributed by atoms with E-state index < -0.39 is 0 Å². The van der Waals surface area contributed by atoms with E-state index in [0.717, 1.165) is 5.08 Å². The van der Waals surface area contributed by atoms with E-state index in [1.54, 1.807) is 35.7 Å². The van der Waals surface area contributed by atoms with Gasteiger partial charge < -0.3 is 0 Å². The van der Waals surface area contributed by atoms with Gasteiger partial charge in [0.1, 0.15) is 0 Å². The second-order valence-electron chi connectivity index (χ2n) is 1.83. The van der Waals surface area contributed by atoms with Crippen molar-refractivity contribution in [2.75, 3.05) is 5.08 Å². The van der Waals surface area contributed by atoms with E-state index in [4.69, 9.17) is 0 Å². The van der Waals surface area contributed by atoms with Crippen LogP contribution in [-0.2, 0) is 4.79 Å². The third-order valence-corrected chi connectivity index (χ3v) is 3.59. The molecule has 1 nitrogen and oxygen atoms in total. The molecule has 0 N–H and O–H groups in total. The average Bonchev–Trinajstić information content (AvgIpc) is 2.22. The maximum atomic E-state index is 10.7. The highest BCUT2D eigenvalue weighted by Gasteiger charge is 2.21. The van der Waals surface area contributed by atoms with Crippen LogP contribution in [0.1, 0.15) is 0 Å². The predicted octanol–water partition coefficient (Wildman–Crippen LogP) is 1.77. The average molecular weight is 156 g/mol. The van der Waals surface area contributed by atoms with Crippen LogP contribution >= 0.6 is 23.5 Å². The summed E-state index contributed by atoms with van der Waals surface area (Å²) in [6, 6.07) is 0. The molecule has 0 saturated carbocycles. The predicted molar refractivity (Wildman–Crippen MR) is 41.2 cm³/mol. The first-order valence-corrected chi connectivity index (χ1v) is 4.57. The fourth-order valence-electron chi connectivity index (χ4n) is 0.824.